The zero-order chi connectivity index (χ0) is 18.1. The monoisotopic (exact) mass is 347 g/mol. The molecule has 0 aliphatic carbocycles. The van der Waals surface area contributed by atoms with E-state index in [4.69, 9.17) is 9.78 Å². The number of aryl methyl sites for hydroxylation is 1. The van der Waals surface area contributed by atoms with E-state index < -0.39 is 23.1 Å². The quantitative estimate of drug-likeness (QED) is 0.821. The molecule has 1 unspecified atom stereocenters. The molecule has 1 aromatic heterocycles. The number of nitrogens with zero attached hydrogens (tertiary/aromatic N) is 5. The van der Waals surface area contributed by atoms with Crippen molar-refractivity contribution in [2.24, 2.45) is 0 Å². The first kappa shape index (κ1) is 17.0. The number of carbonyl (C=O) groups is 1. The van der Waals surface area contributed by atoms with Gasteiger partial charge in [0.05, 0.1) is 11.6 Å². The van der Waals surface area contributed by atoms with Gasteiger partial charge in [-0.3, -0.25) is 9.69 Å². The summed E-state index contributed by atoms with van der Waals surface area (Å²) in [6.07, 6.45) is 0. The minimum atomic E-state index is -1.05. The van der Waals surface area contributed by atoms with Crippen LogP contribution in [0.25, 0.3) is 0 Å². The third-order valence-corrected chi connectivity index (χ3v) is 4.15. The largest absolute Gasteiger partial charge is 0.338 e. The zero-order valence-corrected chi connectivity index (χ0v) is 13.7. The molecular formula is C16H15F2N5O2. The summed E-state index contributed by atoms with van der Waals surface area (Å²) in [5.74, 6) is -2.06. The summed E-state index contributed by atoms with van der Waals surface area (Å²) in [6.45, 7) is 2.63. The van der Waals surface area contributed by atoms with E-state index in [9.17, 15) is 13.6 Å². The summed E-state index contributed by atoms with van der Waals surface area (Å²) in [7, 11) is 1.84. The molecule has 1 atom stereocenters. The van der Waals surface area contributed by atoms with Gasteiger partial charge in [0, 0.05) is 19.6 Å². The predicted octanol–water partition coefficient (Wildman–Crippen LogP) is 1.66. The molecule has 3 rings (SSSR count). The van der Waals surface area contributed by atoms with E-state index in [-0.39, 0.29) is 18.2 Å². The lowest BCUT2D eigenvalue weighted by molar-refractivity contribution is 0.0480. The second-order valence-corrected chi connectivity index (χ2v) is 5.85. The van der Waals surface area contributed by atoms with Crippen LogP contribution >= 0.6 is 0 Å². The molecule has 1 saturated heterocycles. The number of rotatable bonds is 2. The van der Waals surface area contributed by atoms with E-state index in [1.165, 1.54) is 4.90 Å². The third-order valence-electron chi connectivity index (χ3n) is 4.15. The Hall–Kier alpha value is -2.86. The molecule has 2 aromatic rings. The van der Waals surface area contributed by atoms with Crippen molar-refractivity contribution >= 4 is 5.91 Å². The molecule has 0 bridgehead atoms. The van der Waals surface area contributed by atoms with Crippen LogP contribution in [0.2, 0.25) is 0 Å². The van der Waals surface area contributed by atoms with Crippen molar-refractivity contribution in [1.82, 2.24) is 19.9 Å². The molecule has 7 nitrogen and oxygen atoms in total. The number of carbonyl (C=O) groups excluding carboxylic acids is 1. The SMILES string of the molecule is Cc1noc(C2CN(C(=O)c3c(F)cc(C#N)cc3F)CCN2C)n1. The Morgan fingerprint density at radius 2 is 2.04 bits per heavy atom. The van der Waals surface area contributed by atoms with Crippen molar-refractivity contribution in [1.29, 1.82) is 5.26 Å². The van der Waals surface area contributed by atoms with Gasteiger partial charge in [0.1, 0.15) is 23.2 Å². The Morgan fingerprint density at radius 3 is 2.60 bits per heavy atom. The second-order valence-electron chi connectivity index (χ2n) is 5.85. The van der Waals surface area contributed by atoms with Gasteiger partial charge in [-0.05, 0) is 26.1 Å². The lowest BCUT2D eigenvalue weighted by Gasteiger charge is -2.37. The van der Waals surface area contributed by atoms with Crippen LogP contribution in [-0.2, 0) is 0 Å². The molecule has 25 heavy (non-hydrogen) atoms. The number of hydrogen-bond donors (Lipinski definition) is 0. The molecule has 0 spiro atoms. The molecule has 0 N–H and O–H groups in total. The van der Waals surface area contributed by atoms with E-state index in [1.54, 1.807) is 13.0 Å². The molecule has 0 radical (unpaired) electrons. The predicted molar refractivity (Wildman–Crippen MR) is 81.4 cm³/mol. The Morgan fingerprint density at radius 1 is 1.36 bits per heavy atom. The maximum Gasteiger partial charge on any atom is 0.259 e. The average molecular weight is 347 g/mol. The molecular weight excluding hydrogens is 332 g/mol. The topological polar surface area (TPSA) is 86.3 Å². The highest BCUT2D eigenvalue weighted by molar-refractivity contribution is 5.95. The Bertz CT molecular complexity index is 837. The fraction of sp³-hybridized carbons (Fsp3) is 0.375. The summed E-state index contributed by atoms with van der Waals surface area (Å²) in [5.41, 5.74) is -0.840. The highest BCUT2D eigenvalue weighted by atomic mass is 19.1. The number of amides is 1. The summed E-state index contributed by atoms with van der Waals surface area (Å²) in [6, 6.07) is 3.00. The van der Waals surface area contributed by atoms with Crippen LogP contribution in [0.1, 0.15) is 33.7 Å². The van der Waals surface area contributed by atoms with Crippen molar-refractivity contribution in [2.75, 3.05) is 26.7 Å². The number of likely N-dealkylation sites (N-methyl/N-ethyl adjacent to an activating group) is 1. The first-order valence-corrected chi connectivity index (χ1v) is 7.59. The van der Waals surface area contributed by atoms with Crippen LogP contribution in [-0.4, -0.2) is 52.5 Å². The van der Waals surface area contributed by atoms with Crippen molar-refractivity contribution in [3.63, 3.8) is 0 Å². The molecule has 1 aliphatic rings. The van der Waals surface area contributed by atoms with Crippen LogP contribution in [0.15, 0.2) is 16.7 Å². The molecule has 1 amide bonds. The molecule has 1 aromatic carbocycles. The van der Waals surface area contributed by atoms with Crippen LogP contribution in [0.3, 0.4) is 0 Å². The minimum absolute atomic E-state index is 0.163. The number of aromatic nitrogens is 2. The van der Waals surface area contributed by atoms with Gasteiger partial charge in [-0.2, -0.15) is 10.2 Å². The highest BCUT2D eigenvalue weighted by Crippen LogP contribution is 2.25. The molecule has 130 valence electrons. The van der Waals surface area contributed by atoms with Crippen LogP contribution in [0, 0.1) is 29.9 Å². The van der Waals surface area contributed by atoms with Gasteiger partial charge in [-0.1, -0.05) is 5.16 Å². The molecule has 0 saturated carbocycles. The van der Waals surface area contributed by atoms with E-state index in [0.29, 0.717) is 24.8 Å². The standard InChI is InChI=1S/C16H15F2N5O2/c1-9-20-15(25-21-9)13-8-23(4-3-22(13)2)16(24)14-11(17)5-10(7-19)6-12(14)18/h5-6,13H,3-4,8H2,1-2H3. The summed E-state index contributed by atoms with van der Waals surface area (Å²) >= 11 is 0. The number of benzene rings is 1. The fourth-order valence-electron chi connectivity index (χ4n) is 2.77. The number of hydrogen-bond acceptors (Lipinski definition) is 6. The number of halogens is 2. The molecule has 2 heterocycles. The lowest BCUT2D eigenvalue weighted by atomic mass is 10.1. The van der Waals surface area contributed by atoms with Crippen LogP contribution < -0.4 is 0 Å². The maximum atomic E-state index is 14.1. The Kier molecular flexibility index (Phi) is 4.46. The second kappa shape index (κ2) is 6.57. The average Bonchev–Trinajstić information content (AvgIpc) is 3.00. The van der Waals surface area contributed by atoms with Crippen molar-refractivity contribution in [3.05, 3.63) is 46.6 Å². The van der Waals surface area contributed by atoms with Gasteiger partial charge >= 0.3 is 0 Å². The Balaban J connectivity index is 1.87. The summed E-state index contributed by atoms with van der Waals surface area (Å²) < 4.78 is 33.4. The van der Waals surface area contributed by atoms with Gasteiger partial charge in [0.2, 0.25) is 5.89 Å². The van der Waals surface area contributed by atoms with Crippen molar-refractivity contribution in [3.8, 4) is 6.07 Å². The van der Waals surface area contributed by atoms with E-state index in [0.717, 1.165) is 12.1 Å². The molecule has 1 fully saturated rings. The van der Waals surface area contributed by atoms with Gasteiger partial charge in [-0.15, -0.1) is 0 Å². The summed E-state index contributed by atoms with van der Waals surface area (Å²) in [4.78, 5) is 20.1. The number of piperazine rings is 1. The first-order chi connectivity index (χ1) is 11.9. The maximum absolute atomic E-state index is 14.1. The van der Waals surface area contributed by atoms with Crippen LogP contribution in [0.4, 0.5) is 8.78 Å². The Labute approximate surface area is 142 Å². The van der Waals surface area contributed by atoms with Gasteiger partial charge in [0.15, 0.2) is 5.82 Å². The van der Waals surface area contributed by atoms with Gasteiger partial charge in [-0.25, -0.2) is 8.78 Å². The van der Waals surface area contributed by atoms with E-state index in [1.807, 2.05) is 11.9 Å². The van der Waals surface area contributed by atoms with Crippen LogP contribution in [0.5, 0.6) is 0 Å². The van der Waals surface area contributed by atoms with Crippen molar-refractivity contribution < 1.29 is 18.1 Å². The fourth-order valence-corrected chi connectivity index (χ4v) is 2.77. The van der Waals surface area contributed by atoms with Crippen molar-refractivity contribution in [2.45, 2.75) is 13.0 Å². The summed E-state index contributed by atoms with van der Waals surface area (Å²) in [5, 5.41) is 12.5. The molecule has 1 aliphatic heterocycles. The van der Waals surface area contributed by atoms with E-state index in [2.05, 4.69) is 10.1 Å². The smallest absolute Gasteiger partial charge is 0.259 e. The molecule has 9 heteroatoms. The minimum Gasteiger partial charge on any atom is -0.338 e. The van der Waals surface area contributed by atoms with E-state index >= 15 is 0 Å². The zero-order valence-electron chi connectivity index (χ0n) is 13.7. The van der Waals surface area contributed by atoms with Gasteiger partial charge < -0.3 is 9.42 Å². The normalized spacial score (nSPS) is 18.2. The lowest BCUT2D eigenvalue weighted by Crippen LogP contribution is -2.49. The first-order valence-electron chi connectivity index (χ1n) is 7.59. The number of nitriles is 1. The highest BCUT2D eigenvalue weighted by Gasteiger charge is 2.34. The van der Waals surface area contributed by atoms with Gasteiger partial charge in [0.25, 0.3) is 5.91 Å². The third kappa shape index (κ3) is 3.21.